The molecule has 0 radical (unpaired) electrons. The van der Waals surface area contributed by atoms with E-state index in [0.717, 1.165) is 25.0 Å². The van der Waals surface area contributed by atoms with Gasteiger partial charge < -0.3 is 11.1 Å². The van der Waals surface area contributed by atoms with E-state index in [1.54, 1.807) is 0 Å². The highest BCUT2D eigenvalue weighted by Crippen LogP contribution is 2.11. The number of anilines is 1. The van der Waals surface area contributed by atoms with Gasteiger partial charge in [-0.2, -0.15) is 0 Å². The fraction of sp³-hybridized carbons (Fsp3) is 0.636. The average Bonchev–Trinajstić information content (AvgIpc) is 2.63. The first kappa shape index (κ1) is 13.0. The van der Waals surface area contributed by atoms with Crippen LogP contribution < -0.4 is 11.1 Å². The van der Waals surface area contributed by atoms with E-state index in [9.17, 15) is 4.79 Å². The van der Waals surface area contributed by atoms with Gasteiger partial charge >= 0.3 is 0 Å². The second kappa shape index (κ2) is 6.48. The standard InChI is InChI=1S/C11H19N3OS/c1-3-5-8(4-2)13-10(15)6-9-7-16-11(12)14-9/h7-8H,3-6H2,1-2H3,(H2,12,14)(H,13,15). The van der Waals surface area contributed by atoms with Crippen molar-refractivity contribution < 1.29 is 4.79 Å². The van der Waals surface area contributed by atoms with Crippen LogP contribution in [-0.2, 0) is 11.2 Å². The molecule has 90 valence electrons. The van der Waals surface area contributed by atoms with E-state index in [4.69, 9.17) is 5.73 Å². The number of rotatable bonds is 6. The van der Waals surface area contributed by atoms with Crippen molar-refractivity contribution >= 4 is 22.4 Å². The Morgan fingerprint density at radius 3 is 2.88 bits per heavy atom. The Morgan fingerprint density at radius 2 is 2.38 bits per heavy atom. The molecule has 1 amide bonds. The topological polar surface area (TPSA) is 68.0 Å². The highest BCUT2D eigenvalue weighted by molar-refractivity contribution is 7.13. The molecule has 3 N–H and O–H groups in total. The molecule has 0 aromatic carbocycles. The SMILES string of the molecule is CCCC(CC)NC(=O)Cc1csc(N)n1. The minimum absolute atomic E-state index is 0.0330. The van der Waals surface area contributed by atoms with Crippen LogP contribution in [0.4, 0.5) is 5.13 Å². The maximum Gasteiger partial charge on any atom is 0.226 e. The number of thiazole rings is 1. The Hall–Kier alpha value is -1.10. The smallest absolute Gasteiger partial charge is 0.226 e. The zero-order valence-electron chi connectivity index (χ0n) is 9.82. The van der Waals surface area contributed by atoms with Gasteiger partial charge in [-0.1, -0.05) is 20.3 Å². The molecule has 4 nitrogen and oxygen atoms in total. The first-order chi connectivity index (χ1) is 7.65. The molecule has 0 spiro atoms. The molecular weight excluding hydrogens is 222 g/mol. The van der Waals surface area contributed by atoms with Crippen molar-refractivity contribution in [3.63, 3.8) is 0 Å². The van der Waals surface area contributed by atoms with Crippen LogP contribution in [0.25, 0.3) is 0 Å². The van der Waals surface area contributed by atoms with Gasteiger partial charge in [0.25, 0.3) is 0 Å². The van der Waals surface area contributed by atoms with Gasteiger partial charge in [-0.3, -0.25) is 4.79 Å². The molecule has 1 aromatic rings. The Bertz CT molecular complexity index is 338. The average molecular weight is 241 g/mol. The molecule has 1 unspecified atom stereocenters. The number of nitrogens with two attached hydrogens (primary N) is 1. The number of carbonyl (C=O) groups is 1. The number of hydrogen-bond donors (Lipinski definition) is 2. The molecule has 5 heteroatoms. The molecular formula is C11H19N3OS. The Morgan fingerprint density at radius 1 is 1.62 bits per heavy atom. The lowest BCUT2D eigenvalue weighted by Crippen LogP contribution is -2.35. The van der Waals surface area contributed by atoms with Crippen molar-refractivity contribution in [2.45, 2.75) is 45.6 Å². The number of nitrogens with zero attached hydrogens (tertiary/aromatic N) is 1. The fourth-order valence-electron chi connectivity index (χ4n) is 1.57. The van der Waals surface area contributed by atoms with Crippen LogP contribution >= 0.6 is 11.3 Å². The van der Waals surface area contributed by atoms with Gasteiger partial charge in [0.15, 0.2) is 5.13 Å². The zero-order valence-corrected chi connectivity index (χ0v) is 10.6. The van der Waals surface area contributed by atoms with Crippen molar-refractivity contribution in [1.29, 1.82) is 0 Å². The Balaban J connectivity index is 2.40. The van der Waals surface area contributed by atoms with E-state index in [1.807, 2.05) is 5.38 Å². The van der Waals surface area contributed by atoms with Crippen LogP contribution in [0.2, 0.25) is 0 Å². The number of hydrogen-bond acceptors (Lipinski definition) is 4. The van der Waals surface area contributed by atoms with Crippen molar-refractivity contribution in [3.8, 4) is 0 Å². The lowest BCUT2D eigenvalue weighted by atomic mass is 10.1. The van der Waals surface area contributed by atoms with Crippen LogP contribution in [0.15, 0.2) is 5.38 Å². The van der Waals surface area contributed by atoms with E-state index < -0.39 is 0 Å². The molecule has 16 heavy (non-hydrogen) atoms. The molecule has 1 rings (SSSR count). The third kappa shape index (κ3) is 4.18. The van der Waals surface area contributed by atoms with Crippen LogP contribution in [0, 0.1) is 0 Å². The van der Waals surface area contributed by atoms with Crippen molar-refractivity contribution in [2.24, 2.45) is 0 Å². The van der Waals surface area contributed by atoms with E-state index in [1.165, 1.54) is 11.3 Å². The van der Waals surface area contributed by atoms with Gasteiger partial charge in [0.1, 0.15) is 0 Å². The third-order valence-electron chi connectivity index (χ3n) is 2.41. The van der Waals surface area contributed by atoms with Crippen molar-refractivity contribution in [1.82, 2.24) is 10.3 Å². The third-order valence-corrected chi connectivity index (χ3v) is 3.13. The lowest BCUT2D eigenvalue weighted by molar-refractivity contribution is -0.121. The zero-order chi connectivity index (χ0) is 12.0. The summed E-state index contributed by atoms with van der Waals surface area (Å²) in [6, 6.07) is 0.286. The molecule has 0 saturated heterocycles. The number of nitrogens with one attached hydrogen (secondary N) is 1. The molecule has 0 aliphatic rings. The largest absolute Gasteiger partial charge is 0.375 e. The molecule has 0 aliphatic heterocycles. The summed E-state index contributed by atoms with van der Waals surface area (Å²) < 4.78 is 0. The summed E-state index contributed by atoms with van der Waals surface area (Å²) in [6.45, 7) is 4.21. The van der Waals surface area contributed by atoms with Gasteiger partial charge in [-0.25, -0.2) is 4.98 Å². The quantitative estimate of drug-likeness (QED) is 0.800. The maximum atomic E-state index is 11.7. The number of aromatic nitrogens is 1. The van der Waals surface area contributed by atoms with E-state index >= 15 is 0 Å². The molecule has 1 aromatic heterocycles. The van der Waals surface area contributed by atoms with Crippen LogP contribution in [0.1, 0.15) is 38.8 Å². The molecule has 1 atom stereocenters. The predicted octanol–water partition coefficient (Wildman–Crippen LogP) is 1.96. The maximum absolute atomic E-state index is 11.7. The van der Waals surface area contributed by atoms with E-state index in [-0.39, 0.29) is 11.9 Å². The van der Waals surface area contributed by atoms with Gasteiger partial charge in [0.05, 0.1) is 12.1 Å². The summed E-state index contributed by atoms with van der Waals surface area (Å²) in [5.41, 5.74) is 6.26. The number of amides is 1. The minimum Gasteiger partial charge on any atom is -0.375 e. The highest BCUT2D eigenvalue weighted by atomic mass is 32.1. The number of nitrogen functional groups attached to an aromatic ring is 1. The second-order valence-electron chi connectivity index (χ2n) is 3.82. The summed E-state index contributed by atoms with van der Waals surface area (Å²) >= 11 is 1.37. The first-order valence-corrected chi connectivity index (χ1v) is 6.52. The fourth-order valence-corrected chi connectivity index (χ4v) is 2.14. The van der Waals surface area contributed by atoms with Crippen LogP contribution in [0.3, 0.4) is 0 Å². The van der Waals surface area contributed by atoms with Crippen LogP contribution in [-0.4, -0.2) is 16.9 Å². The van der Waals surface area contributed by atoms with Crippen molar-refractivity contribution in [2.75, 3.05) is 5.73 Å². The molecule has 0 aliphatic carbocycles. The Labute approximate surface area is 100 Å². The highest BCUT2D eigenvalue weighted by Gasteiger charge is 2.11. The summed E-state index contributed by atoms with van der Waals surface area (Å²) in [5.74, 6) is 0.0330. The summed E-state index contributed by atoms with van der Waals surface area (Å²) in [6.07, 6.45) is 3.41. The van der Waals surface area contributed by atoms with Gasteiger partial charge in [0.2, 0.25) is 5.91 Å². The minimum atomic E-state index is 0.0330. The van der Waals surface area contributed by atoms with Crippen LogP contribution in [0.5, 0.6) is 0 Å². The van der Waals surface area contributed by atoms with Crippen molar-refractivity contribution in [3.05, 3.63) is 11.1 Å². The van der Waals surface area contributed by atoms with Gasteiger partial charge in [-0.15, -0.1) is 11.3 Å². The van der Waals surface area contributed by atoms with Gasteiger partial charge in [0, 0.05) is 11.4 Å². The summed E-state index contributed by atoms with van der Waals surface area (Å²) in [5, 5.41) is 5.36. The van der Waals surface area contributed by atoms with E-state index in [0.29, 0.717) is 11.6 Å². The predicted molar refractivity (Wildman–Crippen MR) is 67.4 cm³/mol. The molecule has 1 heterocycles. The monoisotopic (exact) mass is 241 g/mol. The Kier molecular flexibility index (Phi) is 5.25. The lowest BCUT2D eigenvalue weighted by Gasteiger charge is -2.15. The second-order valence-corrected chi connectivity index (χ2v) is 4.70. The molecule has 0 bridgehead atoms. The number of carbonyl (C=O) groups excluding carboxylic acids is 1. The summed E-state index contributed by atoms with van der Waals surface area (Å²) in [4.78, 5) is 15.7. The molecule has 0 fully saturated rings. The normalized spacial score (nSPS) is 12.4. The van der Waals surface area contributed by atoms with E-state index in [2.05, 4.69) is 24.1 Å². The summed E-state index contributed by atoms with van der Waals surface area (Å²) in [7, 11) is 0. The molecule has 0 saturated carbocycles. The van der Waals surface area contributed by atoms with Gasteiger partial charge in [-0.05, 0) is 12.8 Å². The first-order valence-electron chi connectivity index (χ1n) is 5.65.